The molecule has 1 aromatic heterocycles. The number of imidazole rings is 1. The number of nitrogens with one attached hydrogen (secondary N) is 2. The fourth-order valence-electron chi connectivity index (χ4n) is 4.81. The van der Waals surface area contributed by atoms with Crippen LogP contribution in [0.1, 0.15) is 29.8 Å². The number of H-pyrrole nitrogens is 1. The van der Waals surface area contributed by atoms with E-state index in [1.54, 1.807) is 24.3 Å². The summed E-state index contributed by atoms with van der Waals surface area (Å²) < 4.78 is 13.6. The second kappa shape index (κ2) is 9.56. The number of aromatic amines is 1. The molecular weight excluding hydrogens is 477 g/mol. The van der Waals surface area contributed by atoms with Gasteiger partial charge >= 0.3 is 0 Å². The first kappa shape index (κ1) is 24.3. The van der Waals surface area contributed by atoms with E-state index in [2.05, 4.69) is 52.0 Å². The zero-order valence-corrected chi connectivity index (χ0v) is 21.5. The highest BCUT2D eigenvalue weighted by Crippen LogP contribution is 2.31. The molecule has 2 heterocycles. The molecule has 8 heteroatoms. The number of hydrogen-bond acceptors (Lipinski definition) is 4. The lowest BCUT2D eigenvalue weighted by molar-refractivity contribution is 0.102. The zero-order chi connectivity index (χ0) is 25.6. The second-order valence-electron chi connectivity index (χ2n) is 9.66. The fraction of sp³-hybridized carbons (Fsp3) is 0.286. The quantitative estimate of drug-likeness (QED) is 0.351. The van der Waals surface area contributed by atoms with Crippen LogP contribution in [0.4, 0.5) is 15.8 Å². The van der Waals surface area contributed by atoms with E-state index in [1.165, 1.54) is 12.1 Å². The van der Waals surface area contributed by atoms with Crippen LogP contribution in [0.3, 0.4) is 0 Å². The lowest BCUT2D eigenvalue weighted by atomic mass is 10.0. The van der Waals surface area contributed by atoms with Crippen LogP contribution in [0.15, 0.2) is 54.6 Å². The van der Waals surface area contributed by atoms with Gasteiger partial charge in [0.1, 0.15) is 11.6 Å². The summed E-state index contributed by atoms with van der Waals surface area (Å²) in [6.45, 7) is 8.34. The normalized spacial score (nSPS) is 18.6. The number of halogens is 2. The van der Waals surface area contributed by atoms with Crippen molar-refractivity contribution in [3.05, 3.63) is 76.6 Å². The highest BCUT2D eigenvalue weighted by atomic mass is 35.5. The van der Waals surface area contributed by atoms with Gasteiger partial charge in [-0.3, -0.25) is 9.69 Å². The summed E-state index contributed by atoms with van der Waals surface area (Å²) in [6.07, 6.45) is 0. The van der Waals surface area contributed by atoms with Crippen molar-refractivity contribution in [1.82, 2.24) is 14.9 Å². The number of rotatable bonds is 4. The monoisotopic (exact) mass is 505 g/mol. The molecule has 1 aliphatic heterocycles. The molecular formula is C28H29ClFN5O. The van der Waals surface area contributed by atoms with Gasteiger partial charge in [-0.2, -0.15) is 0 Å². The number of anilines is 2. The molecule has 4 aromatic rings. The Labute approximate surface area is 215 Å². The summed E-state index contributed by atoms with van der Waals surface area (Å²) in [5, 5.41) is 3.45. The molecule has 0 saturated carbocycles. The number of benzene rings is 3. The minimum atomic E-state index is -0.345. The Balaban J connectivity index is 1.36. The van der Waals surface area contributed by atoms with E-state index in [1.807, 2.05) is 19.1 Å². The number of amides is 1. The average molecular weight is 506 g/mol. The molecule has 0 aliphatic carbocycles. The van der Waals surface area contributed by atoms with Crippen molar-refractivity contribution in [1.29, 1.82) is 0 Å². The largest absolute Gasteiger partial charge is 0.368 e. The fourth-order valence-corrected chi connectivity index (χ4v) is 5.01. The van der Waals surface area contributed by atoms with Crippen molar-refractivity contribution in [2.24, 2.45) is 0 Å². The number of piperazine rings is 1. The molecule has 3 aromatic carbocycles. The van der Waals surface area contributed by atoms with E-state index in [9.17, 15) is 9.18 Å². The predicted molar refractivity (Wildman–Crippen MR) is 145 cm³/mol. The number of aromatic nitrogens is 2. The molecule has 2 N–H and O–H groups in total. The Morgan fingerprint density at radius 1 is 1.08 bits per heavy atom. The molecule has 0 spiro atoms. The number of hydrogen-bond donors (Lipinski definition) is 2. The Kier molecular flexibility index (Phi) is 6.45. The van der Waals surface area contributed by atoms with Crippen molar-refractivity contribution in [2.45, 2.75) is 32.9 Å². The summed E-state index contributed by atoms with van der Waals surface area (Å²) in [7, 11) is 2.17. The van der Waals surface area contributed by atoms with Gasteiger partial charge in [-0.25, -0.2) is 9.37 Å². The molecule has 1 saturated heterocycles. The number of likely N-dealkylation sites (N-methyl/N-ethyl adjacent to an activating group) is 1. The Bertz CT molecular complexity index is 1440. The highest BCUT2D eigenvalue weighted by Gasteiger charge is 2.27. The molecule has 2 atom stereocenters. The van der Waals surface area contributed by atoms with Gasteiger partial charge in [0.05, 0.1) is 16.1 Å². The number of carbonyl (C=O) groups excluding carboxylic acids is 1. The van der Waals surface area contributed by atoms with Gasteiger partial charge in [0.2, 0.25) is 0 Å². The Morgan fingerprint density at radius 3 is 2.56 bits per heavy atom. The van der Waals surface area contributed by atoms with E-state index in [4.69, 9.17) is 11.6 Å². The Morgan fingerprint density at radius 2 is 1.83 bits per heavy atom. The Hall–Kier alpha value is -3.42. The van der Waals surface area contributed by atoms with Gasteiger partial charge in [-0.1, -0.05) is 11.6 Å². The summed E-state index contributed by atoms with van der Waals surface area (Å²) in [5.74, 6) is -0.0326. The maximum atomic E-state index is 13.6. The number of nitrogens with zero attached hydrogens (tertiary/aromatic N) is 3. The smallest absolute Gasteiger partial charge is 0.255 e. The van der Waals surface area contributed by atoms with E-state index in [-0.39, 0.29) is 11.7 Å². The summed E-state index contributed by atoms with van der Waals surface area (Å²) in [6, 6.07) is 16.5. The van der Waals surface area contributed by atoms with Crippen LogP contribution in [0, 0.1) is 12.7 Å². The topological polar surface area (TPSA) is 64.3 Å². The molecule has 0 bridgehead atoms. The van der Waals surface area contributed by atoms with Gasteiger partial charge < -0.3 is 15.2 Å². The first-order valence-corrected chi connectivity index (χ1v) is 12.4. The molecule has 1 aliphatic rings. The number of carbonyl (C=O) groups is 1. The van der Waals surface area contributed by atoms with Crippen molar-refractivity contribution < 1.29 is 9.18 Å². The van der Waals surface area contributed by atoms with Crippen LogP contribution in [0.5, 0.6) is 0 Å². The molecule has 1 amide bonds. The third kappa shape index (κ3) is 4.68. The standard InChI is InChI=1S/C28H29ClFN5O/c1-16-11-21(35-14-17(2)34(4)18(3)15-35)7-8-22(16)28(36)31-20-6-9-24(29)23(13-20)27-32-25-10-5-19(30)12-26(25)33-27/h5-13,17-18H,14-15H2,1-4H3,(H,31,36)(H,32,33)/t17-,18?/m0/s1. The van der Waals surface area contributed by atoms with E-state index in [0.717, 1.165) is 24.3 Å². The zero-order valence-electron chi connectivity index (χ0n) is 20.8. The van der Waals surface area contributed by atoms with Crippen LogP contribution < -0.4 is 10.2 Å². The molecule has 5 rings (SSSR count). The van der Waals surface area contributed by atoms with E-state index < -0.39 is 0 Å². The molecule has 1 fully saturated rings. The van der Waals surface area contributed by atoms with Crippen LogP contribution in [0.25, 0.3) is 22.4 Å². The molecule has 36 heavy (non-hydrogen) atoms. The van der Waals surface area contributed by atoms with Gasteiger partial charge in [0, 0.05) is 47.7 Å². The van der Waals surface area contributed by atoms with Crippen LogP contribution in [-0.4, -0.2) is 53.0 Å². The minimum Gasteiger partial charge on any atom is -0.368 e. The van der Waals surface area contributed by atoms with E-state index >= 15 is 0 Å². The first-order valence-electron chi connectivity index (χ1n) is 12.0. The third-order valence-electron chi connectivity index (χ3n) is 7.10. The number of fused-ring (bicyclic) bond motifs is 1. The maximum Gasteiger partial charge on any atom is 0.255 e. The average Bonchev–Trinajstić information content (AvgIpc) is 3.26. The summed E-state index contributed by atoms with van der Waals surface area (Å²) in [4.78, 5) is 25.6. The van der Waals surface area contributed by atoms with Crippen molar-refractivity contribution >= 4 is 39.9 Å². The van der Waals surface area contributed by atoms with Crippen LogP contribution >= 0.6 is 11.6 Å². The lowest BCUT2D eigenvalue weighted by Gasteiger charge is -2.43. The summed E-state index contributed by atoms with van der Waals surface area (Å²) >= 11 is 6.43. The van der Waals surface area contributed by atoms with E-state index in [0.29, 0.717) is 50.8 Å². The van der Waals surface area contributed by atoms with Crippen molar-refractivity contribution in [3.63, 3.8) is 0 Å². The third-order valence-corrected chi connectivity index (χ3v) is 7.43. The molecule has 0 radical (unpaired) electrons. The molecule has 6 nitrogen and oxygen atoms in total. The first-order chi connectivity index (χ1) is 17.2. The van der Waals surface area contributed by atoms with Gasteiger partial charge in [-0.05, 0) is 88.0 Å². The SMILES string of the molecule is Cc1cc(N2CC(C)N(C)[C@@H](C)C2)ccc1C(=O)Nc1ccc(Cl)c(-c2nc3ccc(F)cc3[nH]2)c1. The number of aryl methyl sites for hydroxylation is 1. The summed E-state index contributed by atoms with van der Waals surface area (Å²) in [5.41, 5.74) is 5.09. The van der Waals surface area contributed by atoms with Gasteiger partial charge in [0.25, 0.3) is 5.91 Å². The maximum absolute atomic E-state index is 13.6. The van der Waals surface area contributed by atoms with Crippen molar-refractivity contribution in [3.8, 4) is 11.4 Å². The minimum absolute atomic E-state index is 0.195. The van der Waals surface area contributed by atoms with Crippen LogP contribution in [-0.2, 0) is 0 Å². The second-order valence-corrected chi connectivity index (χ2v) is 10.1. The molecule has 186 valence electrons. The molecule has 1 unspecified atom stereocenters. The van der Waals surface area contributed by atoms with Gasteiger partial charge in [0.15, 0.2) is 0 Å². The predicted octanol–water partition coefficient (Wildman–Crippen LogP) is 6.11. The van der Waals surface area contributed by atoms with Gasteiger partial charge in [-0.15, -0.1) is 0 Å². The van der Waals surface area contributed by atoms with Crippen LogP contribution in [0.2, 0.25) is 5.02 Å². The lowest BCUT2D eigenvalue weighted by Crippen LogP contribution is -2.55. The highest BCUT2D eigenvalue weighted by molar-refractivity contribution is 6.33. The van der Waals surface area contributed by atoms with Crippen molar-refractivity contribution in [2.75, 3.05) is 30.4 Å².